The Morgan fingerprint density at radius 2 is 1.90 bits per heavy atom. The molecule has 0 bridgehead atoms. The average molecular weight is 284 g/mol. The maximum atomic E-state index is 4.85. The lowest BCUT2D eigenvalue weighted by Gasteiger charge is -2.03. The van der Waals surface area contributed by atoms with Crippen LogP contribution in [0.15, 0.2) is 24.3 Å². The third-order valence-electron chi connectivity index (χ3n) is 4.44. The summed E-state index contributed by atoms with van der Waals surface area (Å²) in [7, 11) is 0. The second-order valence-electron chi connectivity index (χ2n) is 6.09. The smallest absolute Gasteiger partial charge is 0.0969 e. The molecule has 20 heavy (non-hydrogen) atoms. The van der Waals surface area contributed by atoms with Gasteiger partial charge < -0.3 is 5.32 Å². The first-order chi connectivity index (χ1) is 9.79. The van der Waals surface area contributed by atoms with Crippen molar-refractivity contribution in [3.63, 3.8) is 0 Å². The SMILES string of the molecule is Cc1nc(C2Cc3ccccc3C2)sc1CNC1CC1. The molecule has 2 aliphatic carbocycles. The summed E-state index contributed by atoms with van der Waals surface area (Å²) in [5.41, 5.74) is 4.26. The van der Waals surface area contributed by atoms with Crippen LogP contribution in [0.1, 0.15) is 45.5 Å². The zero-order valence-electron chi connectivity index (χ0n) is 11.9. The van der Waals surface area contributed by atoms with Crippen LogP contribution in [0.5, 0.6) is 0 Å². The van der Waals surface area contributed by atoms with Crippen molar-refractivity contribution in [2.24, 2.45) is 0 Å². The van der Waals surface area contributed by atoms with Gasteiger partial charge in [0.15, 0.2) is 0 Å². The number of nitrogens with one attached hydrogen (secondary N) is 1. The zero-order valence-corrected chi connectivity index (χ0v) is 12.7. The number of rotatable bonds is 4. The van der Waals surface area contributed by atoms with Crippen LogP contribution in [0, 0.1) is 6.92 Å². The van der Waals surface area contributed by atoms with Gasteiger partial charge in [0.25, 0.3) is 0 Å². The number of nitrogens with zero attached hydrogens (tertiary/aromatic N) is 1. The second kappa shape index (κ2) is 4.97. The van der Waals surface area contributed by atoms with Crippen molar-refractivity contribution < 1.29 is 0 Å². The molecule has 1 fully saturated rings. The number of thiazole rings is 1. The normalized spacial score (nSPS) is 18.4. The van der Waals surface area contributed by atoms with Crippen molar-refractivity contribution in [2.75, 3.05) is 0 Å². The van der Waals surface area contributed by atoms with Gasteiger partial charge in [-0.3, -0.25) is 0 Å². The van der Waals surface area contributed by atoms with E-state index in [1.54, 1.807) is 0 Å². The van der Waals surface area contributed by atoms with E-state index in [1.807, 2.05) is 11.3 Å². The van der Waals surface area contributed by atoms with E-state index in [9.17, 15) is 0 Å². The highest BCUT2D eigenvalue weighted by atomic mass is 32.1. The molecule has 2 nitrogen and oxygen atoms in total. The number of hydrogen-bond donors (Lipinski definition) is 1. The van der Waals surface area contributed by atoms with Gasteiger partial charge in [-0.2, -0.15) is 0 Å². The summed E-state index contributed by atoms with van der Waals surface area (Å²) in [4.78, 5) is 6.29. The zero-order chi connectivity index (χ0) is 13.5. The fourth-order valence-electron chi connectivity index (χ4n) is 3.05. The number of fused-ring (bicyclic) bond motifs is 1. The van der Waals surface area contributed by atoms with Crippen LogP contribution in [0.4, 0.5) is 0 Å². The molecule has 0 aliphatic heterocycles. The monoisotopic (exact) mass is 284 g/mol. The maximum Gasteiger partial charge on any atom is 0.0969 e. The van der Waals surface area contributed by atoms with Crippen LogP contribution in [0.2, 0.25) is 0 Å². The van der Waals surface area contributed by atoms with Gasteiger partial charge in [-0.15, -0.1) is 11.3 Å². The number of benzene rings is 1. The molecule has 3 heteroatoms. The minimum Gasteiger partial charge on any atom is -0.309 e. The molecule has 0 saturated heterocycles. The summed E-state index contributed by atoms with van der Waals surface area (Å²) in [6.45, 7) is 3.17. The molecule has 1 heterocycles. The van der Waals surface area contributed by atoms with Gasteiger partial charge in [0.05, 0.1) is 10.7 Å². The summed E-state index contributed by atoms with van der Waals surface area (Å²) in [6, 6.07) is 9.62. The van der Waals surface area contributed by atoms with E-state index in [0.717, 1.165) is 12.6 Å². The Morgan fingerprint density at radius 3 is 2.55 bits per heavy atom. The molecule has 0 spiro atoms. The summed E-state index contributed by atoms with van der Waals surface area (Å²) in [5.74, 6) is 0.603. The lowest BCUT2D eigenvalue weighted by molar-refractivity contribution is 0.691. The minimum atomic E-state index is 0.603. The van der Waals surface area contributed by atoms with Crippen LogP contribution in [0.3, 0.4) is 0 Å². The Balaban J connectivity index is 1.50. The molecular formula is C17H20N2S. The first-order valence-electron chi connectivity index (χ1n) is 7.56. The molecule has 1 saturated carbocycles. The highest BCUT2D eigenvalue weighted by Gasteiger charge is 2.26. The molecule has 4 rings (SSSR count). The fourth-order valence-corrected chi connectivity index (χ4v) is 4.16. The molecule has 0 atom stereocenters. The number of aromatic nitrogens is 1. The fraction of sp³-hybridized carbons (Fsp3) is 0.471. The Kier molecular flexibility index (Phi) is 3.12. The number of aryl methyl sites for hydroxylation is 1. The Bertz CT molecular complexity index is 603. The van der Waals surface area contributed by atoms with Crippen LogP contribution in [-0.2, 0) is 19.4 Å². The maximum absolute atomic E-state index is 4.85. The van der Waals surface area contributed by atoms with Crippen LogP contribution in [-0.4, -0.2) is 11.0 Å². The predicted molar refractivity (Wildman–Crippen MR) is 83.3 cm³/mol. The van der Waals surface area contributed by atoms with E-state index < -0.39 is 0 Å². The molecule has 0 radical (unpaired) electrons. The van der Waals surface area contributed by atoms with Crippen LogP contribution >= 0.6 is 11.3 Å². The van der Waals surface area contributed by atoms with E-state index in [0.29, 0.717) is 5.92 Å². The van der Waals surface area contributed by atoms with Crippen molar-refractivity contribution in [2.45, 2.75) is 51.1 Å². The Labute approximate surface area is 124 Å². The third-order valence-corrected chi connectivity index (χ3v) is 5.76. The van der Waals surface area contributed by atoms with Crippen molar-refractivity contribution >= 4 is 11.3 Å². The van der Waals surface area contributed by atoms with Gasteiger partial charge in [-0.1, -0.05) is 24.3 Å². The van der Waals surface area contributed by atoms with E-state index in [1.165, 1.54) is 52.4 Å². The van der Waals surface area contributed by atoms with Gasteiger partial charge in [0.2, 0.25) is 0 Å². The number of hydrogen-bond acceptors (Lipinski definition) is 3. The topological polar surface area (TPSA) is 24.9 Å². The van der Waals surface area contributed by atoms with Gasteiger partial charge in [-0.05, 0) is 43.7 Å². The summed E-state index contributed by atoms with van der Waals surface area (Å²) in [6.07, 6.45) is 5.03. The largest absolute Gasteiger partial charge is 0.309 e. The van der Waals surface area contributed by atoms with E-state index in [4.69, 9.17) is 4.98 Å². The predicted octanol–water partition coefficient (Wildman–Crippen LogP) is 3.59. The Morgan fingerprint density at radius 1 is 1.20 bits per heavy atom. The van der Waals surface area contributed by atoms with Gasteiger partial charge in [0, 0.05) is 23.4 Å². The van der Waals surface area contributed by atoms with Gasteiger partial charge >= 0.3 is 0 Å². The lowest BCUT2D eigenvalue weighted by Crippen LogP contribution is -2.14. The van der Waals surface area contributed by atoms with Crippen LogP contribution in [0.25, 0.3) is 0 Å². The van der Waals surface area contributed by atoms with Crippen molar-refractivity contribution in [3.05, 3.63) is 51.0 Å². The highest BCUT2D eigenvalue weighted by molar-refractivity contribution is 7.11. The van der Waals surface area contributed by atoms with Crippen LogP contribution < -0.4 is 5.32 Å². The molecule has 104 valence electrons. The molecule has 1 aromatic heterocycles. The first kappa shape index (κ1) is 12.5. The molecule has 1 N–H and O–H groups in total. The van der Waals surface area contributed by atoms with Crippen molar-refractivity contribution in [1.82, 2.24) is 10.3 Å². The summed E-state index contributed by atoms with van der Waals surface area (Å²) >= 11 is 1.92. The Hall–Kier alpha value is -1.19. The van der Waals surface area contributed by atoms with Crippen molar-refractivity contribution in [3.8, 4) is 0 Å². The molecule has 1 aromatic carbocycles. The molecule has 0 unspecified atom stereocenters. The minimum absolute atomic E-state index is 0.603. The third kappa shape index (κ3) is 2.40. The molecular weight excluding hydrogens is 264 g/mol. The standard InChI is InChI=1S/C17H20N2S/c1-11-16(10-18-15-6-7-15)20-17(19-11)14-8-12-4-2-3-5-13(12)9-14/h2-5,14-15,18H,6-10H2,1H3. The quantitative estimate of drug-likeness (QED) is 0.928. The van der Waals surface area contributed by atoms with Gasteiger partial charge in [0.1, 0.15) is 0 Å². The average Bonchev–Trinajstić information content (AvgIpc) is 3.06. The lowest BCUT2D eigenvalue weighted by atomic mass is 10.1. The summed E-state index contributed by atoms with van der Waals surface area (Å²) in [5, 5.41) is 4.94. The van der Waals surface area contributed by atoms with E-state index in [2.05, 4.69) is 36.5 Å². The van der Waals surface area contributed by atoms with Crippen molar-refractivity contribution in [1.29, 1.82) is 0 Å². The summed E-state index contributed by atoms with van der Waals surface area (Å²) < 4.78 is 0. The second-order valence-corrected chi connectivity index (χ2v) is 7.20. The highest BCUT2D eigenvalue weighted by Crippen LogP contribution is 2.36. The first-order valence-corrected chi connectivity index (χ1v) is 8.37. The van der Waals surface area contributed by atoms with Gasteiger partial charge in [-0.25, -0.2) is 4.98 Å². The van der Waals surface area contributed by atoms with E-state index in [-0.39, 0.29) is 0 Å². The van der Waals surface area contributed by atoms with E-state index >= 15 is 0 Å². The molecule has 2 aliphatic rings. The molecule has 0 amide bonds. The molecule has 2 aromatic rings.